The molecule has 1 saturated heterocycles. The van der Waals surface area contributed by atoms with Crippen molar-refractivity contribution >= 4 is 46.9 Å². The zero-order valence-electron chi connectivity index (χ0n) is 12.0. The fourth-order valence-electron chi connectivity index (χ4n) is 1.75. The molecular weight excluding hydrogens is 367 g/mol. The Morgan fingerprint density at radius 1 is 1.12 bits per heavy atom. The SMILES string of the molecule is CC(=O)C(C(=O)Nc1ccc(C(F)(F)F)cc1)=C1SC(C(=O)O)S1. The number of anilines is 1. The number of hydrogen-bond donors (Lipinski definition) is 2. The van der Waals surface area contributed by atoms with Gasteiger partial charge in [0.05, 0.1) is 9.80 Å². The van der Waals surface area contributed by atoms with Gasteiger partial charge in [-0.2, -0.15) is 13.2 Å². The maximum absolute atomic E-state index is 12.5. The van der Waals surface area contributed by atoms with Crippen molar-refractivity contribution in [1.82, 2.24) is 0 Å². The summed E-state index contributed by atoms with van der Waals surface area (Å²) in [6.07, 6.45) is -4.49. The molecular formula is C14H10F3NO4S2. The highest BCUT2D eigenvalue weighted by Crippen LogP contribution is 2.52. The molecule has 24 heavy (non-hydrogen) atoms. The van der Waals surface area contributed by atoms with E-state index in [1.807, 2.05) is 0 Å². The maximum atomic E-state index is 12.5. The van der Waals surface area contributed by atoms with Crippen molar-refractivity contribution in [1.29, 1.82) is 0 Å². The van der Waals surface area contributed by atoms with Gasteiger partial charge in [-0.25, -0.2) is 0 Å². The molecule has 0 spiro atoms. The quantitative estimate of drug-likeness (QED) is 0.476. The first kappa shape index (κ1) is 18.4. The summed E-state index contributed by atoms with van der Waals surface area (Å²) < 4.78 is 36.9. The van der Waals surface area contributed by atoms with Gasteiger partial charge in [0, 0.05) is 5.69 Å². The monoisotopic (exact) mass is 377 g/mol. The maximum Gasteiger partial charge on any atom is 0.416 e. The van der Waals surface area contributed by atoms with E-state index in [0.717, 1.165) is 54.7 Å². The van der Waals surface area contributed by atoms with Crippen LogP contribution in [-0.2, 0) is 20.6 Å². The van der Waals surface area contributed by atoms with Crippen molar-refractivity contribution in [3.8, 4) is 0 Å². The number of ketones is 1. The van der Waals surface area contributed by atoms with E-state index in [9.17, 15) is 27.6 Å². The van der Waals surface area contributed by atoms with Gasteiger partial charge in [-0.1, -0.05) is 23.5 Å². The van der Waals surface area contributed by atoms with Crippen molar-refractivity contribution in [2.45, 2.75) is 17.7 Å². The van der Waals surface area contributed by atoms with E-state index in [1.165, 1.54) is 0 Å². The first-order chi connectivity index (χ1) is 11.1. The number of halogens is 3. The predicted octanol–water partition coefficient (Wildman–Crippen LogP) is 3.34. The number of amides is 1. The van der Waals surface area contributed by atoms with E-state index in [0.29, 0.717) is 0 Å². The van der Waals surface area contributed by atoms with Crippen LogP contribution in [0.2, 0.25) is 0 Å². The number of aliphatic carboxylic acids is 1. The highest BCUT2D eigenvalue weighted by Gasteiger charge is 2.37. The number of thioether (sulfide) groups is 2. The van der Waals surface area contributed by atoms with Crippen molar-refractivity contribution in [3.63, 3.8) is 0 Å². The Morgan fingerprint density at radius 3 is 2.08 bits per heavy atom. The van der Waals surface area contributed by atoms with Gasteiger partial charge in [-0.05, 0) is 31.2 Å². The molecule has 0 saturated carbocycles. The van der Waals surface area contributed by atoms with E-state index in [2.05, 4.69) is 5.32 Å². The number of hydrogen-bond acceptors (Lipinski definition) is 5. The Balaban J connectivity index is 2.14. The zero-order valence-corrected chi connectivity index (χ0v) is 13.6. The standard InChI is InChI=1S/C14H10F3NO4S2/c1-6(19)9(12-23-13(24-12)11(21)22)10(20)18-8-4-2-7(3-5-8)14(15,16)17/h2-5,13H,1H3,(H,18,20)(H,21,22). The zero-order chi connectivity index (χ0) is 18.1. The first-order valence-corrected chi connectivity index (χ1v) is 8.15. The summed E-state index contributed by atoms with van der Waals surface area (Å²) in [6, 6.07) is 3.77. The Labute approximate surface area is 142 Å². The number of carboxylic acids is 1. The van der Waals surface area contributed by atoms with Crippen LogP contribution in [0.1, 0.15) is 12.5 Å². The van der Waals surface area contributed by atoms with Gasteiger partial charge in [-0.3, -0.25) is 14.4 Å². The number of carbonyl (C=O) groups is 3. The summed E-state index contributed by atoms with van der Waals surface area (Å²) in [5, 5.41) is 11.1. The van der Waals surface area contributed by atoms with Crippen molar-refractivity contribution in [2.75, 3.05) is 5.32 Å². The summed E-state index contributed by atoms with van der Waals surface area (Å²) >= 11 is 1.75. The van der Waals surface area contributed by atoms with Crippen LogP contribution in [0.25, 0.3) is 0 Å². The molecule has 128 valence electrons. The molecule has 1 aromatic rings. The Kier molecular flexibility index (Phi) is 5.29. The third-order valence-electron chi connectivity index (χ3n) is 2.88. The molecule has 0 atom stereocenters. The molecule has 0 radical (unpaired) electrons. The molecule has 0 aliphatic carbocycles. The molecule has 1 amide bonds. The smallest absolute Gasteiger partial charge is 0.416 e. The normalized spacial score (nSPS) is 17.0. The molecule has 5 nitrogen and oxygen atoms in total. The number of carboxylic acid groups (broad SMARTS) is 1. The van der Waals surface area contributed by atoms with Crippen LogP contribution < -0.4 is 5.32 Å². The number of rotatable bonds is 4. The van der Waals surface area contributed by atoms with Crippen molar-refractivity contribution in [2.24, 2.45) is 0 Å². The summed E-state index contributed by atoms with van der Waals surface area (Å²) in [7, 11) is 0. The second-order valence-electron chi connectivity index (χ2n) is 4.65. The lowest BCUT2D eigenvalue weighted by Crippen LogP contribution is -2.25. The molecule has 0 bridgehead atoms. The van der Waals surface area contributed by atoms with Gasteiger partial charge in [0.15, 0.2) is 10.4 Å². The average Bonchev–Trinajstić information content (AvgIpc) is 2.40. The van der Waals surface area contributed by atoms with Gasteiger partial charge in [-0.15, -0.1) is 0 Å². The average molecular weight is 377 g/mol. The van der Waals surface area contributed by atoms with Crippen LogP contribution in [0.3, 0.4) is 0 Å². The van der Waals surface area contributed by atoms with Gasteiger partial charge < -0.3 is 10.4 Å². The predicted molar refractivity (Wildman–Crippen MR) is 84.4 cm³/mol. The highest BCUT2D eigenvalue weighted by atomic mass is 32.3. The fraction of sp³-hybridized carbons (Fsp3) is 0.214. The van der Waals surface area contributed by atoms with E-state index >= 15 is 0 Å². The molecule has 1 aliphatic rings. The molecule has 0 aromatic heterocycles. The molecule has 10 heteroatoms. The fourth-order valence-corrected chi connectivity index (χ4v) is 3.94. The minimum Gasteiger partial charge on any atom is -0.480 e. The first-order valence-electron chi connectivity index (χ1n) is 6.39. The lowest BCUT2D eigenvalue weighted by atomic mass is 10.1. The molecule has 0 unspecified atom stereocenters. The minimum atomic E-state index is -4.49. The number of carbonyl (C=O) groups excluding carboxylic acids is 2. The van der Waals surface area contributed by atoms with Crippen molar-refractivity contribution in [3.05, 3.63) is 39.6 Å². The minimum absolute atomic E-state index is 0.0939. The summed E-state index contributed by atoms with van der Waals surface area (Å²) in [6.45, 7) is 1.16. The van der Waals surface area contributed by atoms with E-state index in [-0.39, 0.29) is 15.5 Å². The second-order valence-corrected chi connectivity index (χ2v) is 7.44. The number of Topliss-reactive ketones (excluding diaryl/α,β-unsaturated/α-hetero) is 1. The largest absolute Gasteiger partial charge is 0.480 e. The molecule has 2 N–H and O–H groups in total. The van der Waals surface area contributed by atoms with Crippen LogP contribution in [-0.4, -0.2) is 27.3 Å². The van der Waals surface area contributed by atoms with Gasteiger partial charge in [0.25, 0.3) is 5.91 Å². The van der Waals surface area contributed by atoms with Crippen LogP contribution in [0.5, 0.6) is 0 Å². The molecule has 1 aliphatic heterocycles. The second kappa shape index (κ2) is 6.89. The number of alkyl halides is 3. The highest BCUT2D eigenvalue weighted by molar-refractivity contribution is 8.39. The van der Waals surface area contributed by atoms with E-state index in [4.69, 9.17) is 5.11 Å². The van der Waals surface area contributed by atoms with Crippen molar-refractivity contribution < 1.29 is 32.7 Å². The van der Waals surface area contributed by atoms with E-state index in [1.54, 1.807) is 0 Å². The molecule has 1 fully saturated rings. The number of benzene rings is 1. The third-order valence-corrected chi connectivity index (χ3v) is 5.71. The molecule has 1 aromatic carbocycles. The summed E-state index contributed by atoms with van der Waals surface area (Å²) in [5.41, 5.74) is -0.973. The van der Waals surface area contributed by atoms with Crippen LogP contribution in [0.4, 0.5) is 18.9 Å². The van der Waals surface area contributed by atoms with Crippen LogP contribution >= 0.6 is 23.5 Å². The Hall–Kier alpha value is -1.94. The van der Waals surface area contributed by atoms with Crippen LogP contribution in [0, 0.1) is 0 Å². The third kappa shape index (κ3) is 4.12. The molecule has 1 heterocycles. The lowest BCUT2D eigenvalue weighted by molar-refractivity contribution is -0.137. The van der Waals surface area contributed by atoms with Gasteiger partial charge >= 0.3 is 12.1 Å². The topological polar surface area (TPSA) is 83.5 Å². The number of nitrogens with one attached hydrogen (secondary N) is 1. The summed E-state index contributed by atoms with van der Waals surface area (Å²) in [5.74, 6) is -2.42. The van der Waals surface area contributed by atoms with Crippen LogP contribution in [0.15, 0.2) is 34.1 Å². The van der Waals surface area contributed by atoms with Gasteiger partial charge in [0.1, 0.15) is 5.57 Å². The summed E-state index contributed by atoms with van der Waals surface area (Å²) in [4.78, 5) is 34.5. The Bertz CT molecular complexity index is 721. The van der Waals surface area contributed by atoms with Gasteiger partial charge in [0.2, 0.25) is 0 Å². The van der Waals surface area contributed by atoms with E-state index < -0.39 is 34.0 Å². The molecule has 2 rings (SSSR count). The lowest BCUT2D eigenvalue weighted by Gasteiger charge is -2.25. The Morgan fingerprint density at radius 2 is 1.67 bits per heavy atom.